The number of nitrogens with zero attached hydrogens (tertiary/aromatic N) is 1. The lowest BCUT2D eigenvalue weighted by Gasteiger charge is -2.34. The van der Waals surface area contributed by atoms with Gasteiger partial charge in [0.15, 0.2) is 0 Å². The van der Waals surface area contributed by atoms with Crippen LogP contribution < -0.4 is 0 Å². The Labute approximate surface area is 87.7 Å². The Kier molecular flexibility index (Phi) is 2.93. The molecule has 0 N–H and O–H groups in total. The molecule has 0 radical (unpaired) electrons. The summed E-state index contributed by atoms with van der Waals surface area (Å²) in [7, 11) is 0. The predicted octanol–water partition coefficient (Wildman–Crippen LogP) is 2.54. The molecule has 1 amide bonds. The van der Waals surface area contributed by atoms with Gasteiger partial charge < -0.3 is 4.90 Å². The van der Waals surface area contributed by atoms with E-state index < -0.39 is 0 Å². The summed E-state index contributed by atoms with van der Waals surface area (Å²) in [6.07, 6.45) is 2.19. The molecule has 14 heavy (non-hydrogen) atoms. The van der Waals surface area contributed by atoms with E-state index in [0.29, 0.717) is 11.3 Å². The first-order valence-corrected chi connectivity index (χ1v) is 5.46. The third-order valence-corrected chi connectivity index (χ3v) is 3.56. The predicted molar refractivity (Wildman–Crippen MR) is 59.0 cm³/mol. The van der Waals surface area contributed by atoms with Crippen LogP contribution in [0.5, 0.6) is 0 Å². The highest BCUT2D eigenvalue weighted by atomic mass is 16.1. The minimum absolute atomic E-state index is 0.245. The van der Waals surface area contributed by atoms with Crippen molar-refractivity contribution in [1.29, 1.82) is 0 Å². The maximum atomic E-state index is 10.9. The van der Waals surface area contributed by atoms with Crippen LogP contribution >= 0.6 is 0 Å². The fraction of sp³-hybridized carbons (Fsp3) is 0.917. The molecule has 1 rings (SSSR count). The van der Waals surface area contributed by atoms with Crippen LogP contribution in [0.15, 0.2) is 0 Å². The van der Waals surface area contributed by atoms with Crippen LogP contribution in [0.1, 0.15) is 41.0 Å². The molecule has 0 aromatic carbocycles. The second kappa shape index (κ2) is 3.56. The van der Waals surface area contributed by atoms with Crippen molar-refractivity contribution in [3.63, 3.8) is 0 Å². The monoisotopic (exact) mass is 197 g/mol. The molecule has 1 atom stereocenters. The van der Waals surface area contributed by atoms with Crippen LogP contribution in [0.3, 0.4) is 0 Å². The number of hydrogen-bond donors (Lipinski definition) is 0. The van der Waals surface area contributed by atoms with Gasteiger partial charge >= 0.3 is 0 Å². The van der Waals surface area contributed by atoms with E-state index in [9.17, 15) is 4.79 Å². The summed E-state index contributed by atoms with van der Waals surface area (Å²) >= 11 is 0. The maximum absolute atomic E-state index is 10.9. The molecule has 1 aliphatic rings. The second-order valence-corrected chi connectivity index (χ2v) is 6.27. The molecule has 1 saturated heterocycles. The number of amides is 1. The summed E-state index contributed by atoms with van der Waals surface area (Å²) in [5.74, 6) is 0.578. The van der Waals surface area contributed by atoms with E-state index in [-0.39, 0.29) is 5.41 Å². The zero-order valence-electron chi connectivity index (χ0n) is 10.1. The highest BCUT2D eigenvalue weighted by Gasteiger charge is 2.38. The zero-order chi connectivity index (χ0) is 11.0. The van der Waals surface area contributed by atoms with Gasteiger partial charge in [-0.25, -0.2) is 0 Å². The molecule has 0 saturated carbocycles. The Morgan fingerprint density at radius 3 is 2.36 bits per heavy atom. The van der Waals surface area contributed by atoms with E-state index in [1.807, 2.05) is 4.90 Å². The summed E-state index contributed by atoms with van der Waals surface area (Å²) in [5.41, 5.74) is 0.580. The van der Waals surface area contributed by atoms with Crippen molar-refractivity contribution in [2.45, 2.75) is 41.0 Å². The quantitative estimate of drug-likeness (QED) is 0.592. The summed E-state index contributed by atoms with van der Waals surface area (Å²) in [6.45, 7) is 13.2. The van der Waals surface area contributed by atoms with Gasteiger partial charge in [-0.3, -0.25) is 4.79 Å². The van der Waals surface area contributed by atoms with Crippen LogP contribution in [0.2, 0.25) is 0 Å². The minimum Gasteiger partial charge on any atom is -0.344 e. The van der Waals surface area contributed by atoms with Gasteiger partial charge in [0.25, 0.3) is 0 Å². The summed E-state index contributed by atoms with van der Waals surface area (Å²) < 4.78 is 0. The zero-order valence-corrected chi connectivity index (χ0v) is 10.1. The number of carbonyl (C=O) groups is 1. The molecule has 82 valence electrons. The van der Waals surface area contributed by atoms with Crippen LogP contribution in [0, 0.1) is 16.7 Å². The van der Waals surface area contributed by atoms with E-state index in [1.54, 1.807) is 0 Å². The first kappa shape index (κ1) is 11.5. The van der Waals surface area contributed by atoms with Gasteiger partial charge in [0.2, 0.25) is 6.41 Å². The smallest absolute Gasteiger partial charge is 0.209 e. The van der Waals surface area contributed by atoms with Gasteiger partial charge in [0.1, 0.15) is 0 Å². The van der Waals surface area contributed by atoms with Crippen molar-refractivity contribution in [2.75, 3.05) is 13.1 Å². The fourth-order valence-electron chi connectivity index (χ4n) is 2.76. The summed E-state index contributed by atoms with van der Waals surface area (Å²) in [5, 5.41) is 0. The topological polar surface area (TPSA) is 20.3 Å². The molecular formula is C12H23NO. The Hall–Kier alpha value is -0.530. The van der Waals surface area contributed by atoms with Crippen LogP contribution in [0.4, 0.5) is 0 Å². The number of rotatable bonds is 1. The molecule has 0 aromatic rings. The first-order valence-electron chi connectivity index (χ1n) is 5.46. The van der Waals surface area contributed by atoms with Crippen molar-refractivity contribution in [1.82, 2.24) is 4.90 Å². The average molecular weight is 197 g/mol. The molecule has 1 fully saturated rings. The standard InChI is InChI=1S/C12H23NO/c1-10-6-13(9-14)8-11(2,3)7-12(10,4)5/h9-10H,6-8H2,1-5H3. The van der Waals surface area contributed by atoms with Crippen LogP contribution in [-0.4, -0.2) is 24.4 Å². The van der Waals surface area contributed by atoms with Crippen molar-refractivity contribution < 1.29 is 4.79 Å². The highest BCUT2D eigenvalue weighted by Crippen LogP contribution is 2.42. The van der Waals surface area contributed by atoms with Crippen LogP contribution in [0.25, 0.3) is 0 Å². The van der Waals surface area contributed by atoms with Gasteiger partial charge in [-0.15, -0.1) is 0 Å². The van der Waals surface area contributed by atoms with E-state index in [4.69, 9.17) is 0 Å². The Bertz CT molecular complexity index is 220. The van der Waals surface area contributed by atoms with Crippen molar-refractivity contribution >= 4 is 6.41 Å². The Balaban J connectivity index is 2.87. The van der Waals surface area contributed by atoms with Gasteiger partial charge in [0.05, 0.1) is 0 Å². The van der Waals surface area contributed by atoms with E-state index in [0.717, 1.165) is 19.5 Å². The molecule has 2 heteroatoms. The molecule has 0 bridgehead atoms. The normalized spacial score (nSPS) is 30.9. The van der Waals surface area contributed by atoms with Gasteiger partial charge in [-0.2, -0.15) is 0 Å². The van der Waals surface area contributed by atoms with Gasteiger partial charge in [-0.1, -0.05) is 34.6 Å². The SMILES string of the molecule is CC1CN(C=O)CC(C)(C)CC1(C)C. The second-order valence-electron chi connectivity index (χ2n) is 6.27. The minimum atomic E-state index is 0.245. The molecule has 0 aliphatic carbocycles. The van der Waals surface area contributed by atoms with E-state index in [1.165, 1.54) is 6.42 Å². The Morgan fingerprint density at radius 1 is 1.29 bits per heavy atom. The molecular weight excluding hydrogens is 174 g/mol. The average Bonchev–Trinajstić information content (AvgIpc) is 2.06. The molecule has 2 nitrogen and oxygen atoms in total. The number of likely N-dealkylation sites (tertiary alicyclic amines) is 1. The molecule has 1 aliphatic heterocycles. The lowest BCUT2D eigenvalue weighted by molar-refractivity contribution is -0.119. The van der Waals surface area contributed by atoms with Gasteiger partial charge in [-0.05, 0) is 23.2 Å². The summed E-state index contributed by atoms with van der Waals surface area (Å²) in [6, 6.07) is 0. The van der Waals surface area contributed by atoms with Crippen molar-refractivity contribution in [3.8, 4) is 0 Å². The first-order chi connectivity index (χ1) is 6.27. The third-order valence-electron chi connectivity index (χ3n) is 3.56. The van der Waals surface area contributed by atoms with Crippen molar-refractivity contribution in [2.24, 2.45) is 16.7 Å². The number of carbonyl (C=O) groups excluding carboxylic acids is 1. The fourth-order valence-corrected chi connectivity index (χ4v) is 2.76. The molecule has 1 heterocycles. The lowest BCUT2D eigenvalue weighted by Crippen LogP contribution is -2.32. The number of hydrogen-bond acceptors (Lipinski definition) is 1. The van der Waals surface area contributed by atoms with E-state index in [2.05, 4.69) is 34.6 Å². The molecule has 0 spiro atoms. The van der Waals surface area contributed by atoms with E-state index >= 15 is 0 Å². The highest BCUT2D eigenvalue weighted by molar-refractivity contribution is 5.47. The molecule has 0 aromatic heterocycles. The van der Waals surface area contributed by atoms with Crippen molar-refractivity contribution in [3.05, 3.63) is 0 Å². The molecule has 1 unspecified atom stereocenters. The lowest BCUT2D eigenvalue weighted by atomic mass is 9.70. The van der Waals surface area contributed by atoms with Crippen LogP contribution in [-0.2, 0) is 4.79 Å². The third kappa shape index (κ3) is 2.49. The Morgan fingerprint density at radius 2 is 1.86 bits per heavy atom. The summed E-state index contributed by atoms with van der Waals surface area (Å²) in [4.78, 5) is 12.8. The largest absolute Gasteiger partial charge is 0.344 e. The van der Waals surface area contributed by atoms with Gasteiger partial charge in [0, 0.05) is 13.1 Å². The maximum Gasteiger partial charge on any atom is 0.209 e.